The minimum absolute atomic E-state index is 0.107. The van der Waals surface area contributed by atoms with E-state index in [9.17, 15) is 8.78 Å². The molecule has 0 saturated carbocycles. The predicted octanol–water partition coefficient (Wildman–Crippen LogP) is 2.18. The maximum absolute atomic E-state index is 14.3. The zero-order chi connectivity index (χ0) is 16.0. The molecule has 1 aliphatic heterocycles. The first kappa shape index (κ1) is 16.0. The molecule has 6 N–H and O–H groups in total. The van der Waals surface area contributed by atoms with E-state index in [0.717, 1.165) is 6.07 Å². The predicted molar refractivity (Wildman–Crippen MR) is 84.0 cm³/mol. The standard InChI is InChI=1S/C14H20F2N4S/c1-7-13(2,6-17)21-12(19)20-14(7,3)9-4-8(18)5-10(15)11(9)16/h4-5,7H,6,17-18H2,1-3H3,(H2,19,20)/t7-,13-,14+/m1/s1. The van der Waals surface area contributed by atoms with Crippen molar-refractivity contribution >= 4 is 22.6 Å². The van der Waals surface area contributed by atoms with Gasteiger partial charge < -0.3 is 17.2 Å². The SMILES string of the molecule is C[C@@H]1[C@@](C)(CN)SC(N)=N[C@]1(C)c1cc(N)cc(F)c1F. The highest BCUT2D eigenvalue weighted by Gasteiger charge is 2.49. The van der Waals surface area contributed by atoms with Gasteiger partial charge in [0.25, 0.3) is 0 Å². The molecule has 0 fully saturated rings. The topological polar surface area (TPSA) is 90.4 Å². The summed E-state index contributed by atoms with van der Waals surface area (Å²) in [7, 11) is 0. The van der Waals surface area contributed by atoms with Crippen LogP contribution in [-0.4, -0.2) is 16.5 Å². The molecule has 0 unspecified atom stereocenters. The molecule has 7 heteroatoms. The number of halogens is 2. The Hall–Kier alpha value is -1.34. The van der Waals surface area contributed by atoms with Gasteiger partial charge in [0.15, 0.2) is 16.8 Å². The number of anilines is 1. The van der Waals surface area contributed by atoms with Gasteiger partial charge in [-0.3, -0.25) is 4.99 Å². The lowest BCUT2D eigenvalue weighted by Crippen LogP contribution is -2.52. The van der Waals surface area contributed by atoms with Crippen LogP contribution in [0.5, 0.6) is 0 Å². The average molecular weight is 314 g/mol. The minimum atomic E-state index is -1.02. The second-order valence-corrected chi connectivity index (χ2v) is 7.36. The largest absolute Gasteiger partial charge is 0.399 e. The summed E-state index contributed by atoms with van der Waals surface area (Å²) in [6, 6.07) is 2.37. The van der Waals surface area contributed by atoms with Crippen LogP contribution in [-0.2, 0) is 5.54 Å². The summed E-state index contributed by atoms with van der Waals surface area (Å²) in [5.74, 6) is -2.09. The van der Waals surface area contributed by atoms with Crippen molar-refractivity contribution in [2.45, 2.75) is 31.1 Å². The normalized spacial score (nSPS) is 32.9. The molecule has 1 aromatic carbocycles. The summed E-state index contributed by atoms with van der Waals surface area (Å²) in [5, 5.41) is 0.311. The zero-order valence-corrected chi connectivity index (χ0v) is 13.1. The Labute approximate surface area is 127 Å². The monoisotopic (exact) mass is 314 g/mol. The van der Waals surface area contributed by atoms with Crippen LogP contribution >= 0.6 is 11.8 Å². The lowest BCUT2D eigenvalue weighted by molar-refractivity contribution is 0.254. The molecule has 0 aliphatic carbocycles. The van der Waals surface area contributed by atoms with E-state index in [1.165, 1.54) is 17.8 Å². The summed E-state index contributed by atoms with van der Waals surface area (Å²) < 4.78 is 27.6. The molecular weight excluding hydrogens is 294 g/mol. The molecule has 0 spiro atoms. The summed E-state index contributed by atoms with van der Waals surface area (Å²) in [6.45, 7) is 5.94. The van der Waals surface area contributed by atoms with E-state index < -0.39 is 21.9 Å². The van der Waals surface area contributed by atoms with Crippen LogP contribution in [0.15, 0.2) is 17.1 Å². The Kier molecular flexibility index (Phi) is 3.92. The third-order valence-corrected chi connectivity index (χ3v) is 5.73. The van der Waals surface area contributed by atoms with Crippen LogP contribution in [0, 0.1) is 17.6 Å². The molecule has 116 valence electrons. The third-order valence-electron chi connectivity index (χ3n) is 4.44. The summed E-state index contributed by atoms with van der Waals surface area (Å²) >= 11 is 1.36. The van der Waals surface area contributed by atoms with Gasteiger partial charge >= 0.3 is 0 Å². The van der Waals surface area contributed by atoms with Crippen molar-refractivity contribution in [3.63, 3.8) is 0 Å². The fourth-order valence-corrected chi connectivity index (χ4v) is 3.96. The quantitative estimate of drug-likeness (QED) is 0.730. The molecule has 1 aromatic rings. The first-order chi connectivity index (χ1) is 9.64. The van der Waals surface area contributed by atoms with Crippen LogP contribution < -0.4 is 17.2 Å². The molecule has 21 heavy (non-hydrogen) atoms. The fourth-order valence-electron chi connectivity index (χ4n) is 2.76. The maximum atomic E-state index is 14.3. The minimum Gasteiger partial charge on any atom is -0.399 e. The van der Waals surface area contributed by atoms with Crippen molar-refractivity contribution in [1.29, 1.82) is 0 Å². The lowest BCUT2D eigenvalue weighted by atomic mass is 9.73. The summed E-state index contributed by atoms with van der Waals surface area (Å²) in [5.41, 5.74) is 16.7. The van der Waals surface area contributed by atoms with E-state index in [-0.39, 0.29) is 17.2 Å². The van der Waals surface area contributed by atoms with E-state index in [2.05, 4.69) is 4.99 Å². The van der Waals surface area contributed by atoms with Crippen molar-refractivity contribution in [1.82, 2.24) is 0 Å². The lowest BCUT2D eigenvalue weighted by Gasteiger charge is -2.47. The van der Waals surface area contributed by atoms with E-state index >= 15 is 0 Å². The van der Waals surface area contributed by atoms with Gasteiger partial charge in [-0.25, -0.2) is 8.78 Å². The molecule has 0 saturated heterocycles. The molecule has 4 nitrogen and oxygen atoms in total. The van der Waals surface area contributed by atoms with Gasteiger partial charge in [-0.15, -0.1) is 0 Å². The van der Waals surface area contributed by atoms with Crippen molar-refractivity contribution < 1.29 is 8.78 Å². The van der Waals surface area contributed by atoms with Crippen molar-refractivity contribution in [3.8, 4) is 0 Å². The van der Waals surface area contributed by atoms with Crippen molar-refractivity contribution in [3.05, 3.63) is 29.3 Å². The number of thioether (sulfide) groups is 1. The average Bonchev–Trinajstić information content (AvgIpc) is 2.40. The third kappa shape index (κ3) is 2.48. The number of aliphatic imine (C=N–C) groups is 1. The highest BCUT2D eigenvalue weighted by atomic mass is 32.2. The molecule has 0 bridgehead atoms. The smallest absolute Gasteiger partial charge is 0.164 e. The number of rotatable bonds is 2. The van der Waals surface area contributed by atoms with Crippen LogP contribution in [0.2, 0.25) is 0 Å². The number of nitrogen functional groups attached to an aromatic ring is 1. The molecule has 2 rings (SSSR count). The molecule has 0 radical (unpaired) electrons. The van der Waals surface area contributed by atoms with Crippen LogP contribution in [0.1, 0.15) is 26.3 Å². The van der Waals surface area contributed by atoms with Crippen LogP contribution in [0.25, 0.3) is 0 Å². The van der Waals surface area contributed by atoms with Crippen molar-refractivity contribution in [2.24, 2.45) is 22.4 Å². The Morgan fingerprint density at radius 1 is 1.29 bits per heavy atom. The van der Waals surface area contributed by atoms with Gasteiger partial charge in [0, 0.05) is 28.5 Å². The second kappa shape index (κ2) is 5.14. The number of nitrogens with zero attached hydrogens (tertiary/aromatic N) is 1. The number of nitrogens with two attached hydrogens (primary N) is 3. The Morgan fingerprint density at radius 2 is 1.90 bits per heavy atom. The van der Waals surface area contributed by atoms with Gasteiger partial charge in [0.1, 0.15) is 0 Å². The van der Waals surface area contributed by atoms with Gasteiger partial charge in [0.2, 0.25) is 0 Å². The summed E-state index contributed by atoms with van der Waals surface area (Å²) in [4.78, 5) is 4.39. The van der Waals surface area contributed by atoms with Gasteiger partial charge in [-0.05, 0) is 26.0 Å². The summed E-state index contributed by atoms with van der Waals surface area (Å²) in [6.07, 6.45) is 0. The number of amidine groups is 1. The zero-order valence-electron chi connectivity index (χ0n) is 12.3. The Bertz CT molecular complexity index is 607. The number of hydrogen-bond donors (Lipinski definition) is 3. The highest BCUT2D eigenvalue weighted by Crippen LogP contribution is 2.50. The molecule has 0 aromatic heterocycles. The van der Waals surface area contributed by atoms with Crippen LogP contribution in [0.4, 0.5) is 14.5 Å². The molecule has 3 atom stereocenters. The van der Waals surface area contributed by atoms with E-state index in [4.69, 9.17) is 17.2 Å². The van der Waals surface area contributed by atoms with E-state index in [1.54, 1.807) is 6.92 Å². The number of benzene rings is 1. The van der Waals surface area contributed by atoms with E-state index in [1.807, 2.05) is 13.8 Å². The van der Waals surface area contributed by atoms with Crippen molar-refractivity contribution in [2.75, 3.05) is 12.3 Å². The van der Waals surface area contributed by atoms with Crippen LogP contribution in [0.3, 0.4) is 0 Å². The molecule has 1 aliphatic rings. The highest BCUT2D eigenvalue weighted by molar-refractivity contribution is 8.15. The van der Waals surface area contributed by atoms with Gasteiger partial charge in [0.05, 0.1) is 5.54 Å². The second-order valence-electron chi connectivity index (χ2n) is 5.80. The first-order valence-corrected chi connectivity index (χ1v) is 7.45. The van der Waals surface area contributed by atoms with Gasteiger partial charge in [-0.1, -0.05) is 18.7 Å². The van der Waals surface area contributed by atoms with E-state index in [0.29, 0.717) is 11.7 Å². The first-order valence-electron chi connectivity index (χ1n) is 6.63. The molecule has 0 amide bonds. The van der Waals surface area contributed by atoms with Gasteiger partial charge in [-0.2, -0.15) is 0 Å². The fraction of sp³-hybridized carbons (Fsp3) is 0.500. The number of hydrogen-bond acceptors (Lipinski definition) is 5. The Morgan fingerprint density at radius 3 is 2.48 bits per heavy atom. The molecular formula is C14H20F2N4S. The maximum Gasteiger partial charge on any atom is 0.164 e. The molecule has 1 heterocycles. The Balaban J connectivity index is 2.68.